The van der Waals surface area contributed by atoms with E-state index in [9.17, 15) is 5.11 Å². The molecule has 0 radical (unpaired) electrons. The van der Waals surface area contributed by atoms with Crippen molar-refractivity contribution in [3.05, 3.63) is 65.2 Å². The number of hydrogen-bond acceptors (Lipinski definition) is 4. The Bertz CT molecular complexity index is 730. The minimum atomic E-state index is 0.313. The molecule has 4 nitrogen and oxygen atoms in total. The van der Waals surface area contributed by atoms with Crippen LogP contribution in [0.3, 0.4) is 0 Å². The van der Waals surface area contributed by atoms with Gasteiger partial charge in [0, 0.05) is 25.4 Å². The number of rotatable bonds is 6. The standard InChI is InChI=1S/C21H25N3O/c22-13-18-4-3-5-19(12-18)14-23-21-7-2-1-6-20(21)15-24-10-8-17(16-25)9-11-24/h1-7,12,17,23,25H,8-11,14-16H2. The van der Waals surface area contributed by atoms with E-state index in [0.717, 1.165) is 43.7 Å². The maximum absolute atomic E-state index is 9.28. The monoisotopic (exact) mass is 335 g/mol. The molecule has 0 atom stereocenters. The van der Waals surface area contributed by atoms with Gasteiger partial charge in [-0.05, 0) is 61.2 Å². The highest BCUT2D eigenvalue weighted by Crippen LogP contribution is 2.22. The van der Waals surface area contributed by atoms with E-state index in [2.05, 4.69) is 40.6 Å². The van der Waals surface area contributed by atoms with Gasteiger partial charge in [0.15, 0.2) is 0 Å². The van der Waals surface area contributed by atoms with E-state index in [4.69, 9.17) is 5.26 Å². The van der Waals surface area contributed by atoms with E-state index in [0.29, 0.717) is 24.6 Å². The third-order valence-electron chi connectivity index (χ3n) is 4.92. The average Bonchev–Trinajstić information content (AvgIpc) is 2.68. The lowest BCUT2D eigenvalue weighted by molar-refractivity contribution is 0.127. The summed E-state index contributed by atoms with van der Waals surface area (Å²) in [7, 11) is 0. The van der Waals surface area contributed by atoms with Crippen molar-refractivity contribution in [1.82, 2.24) is 4.90 Å². The molecule has 130 valence electrons. The molecular weight excluding hydrogens is 310 g/mol. The highest BCUT2D eigenvalue weighted by Gasteiger charge is 2.19. The van der Waals surface area contributed by atoms with Crippen molar-refractivity contribution in [3.63, 3.8) is 0 Å². The fourth-order valence-electron chi connectivity index (χ4n) is 3.35. The largest absolute Gasteiger partial charge is 0.396 e. The summed E-state index contributed by atoms with van der Waals surface area (Å²) in [4.78, 5) is 2.46. The van der Waals surface area contributed by atoms with Crippen LogP contribution in [-0.4, -0.2) is 29.7 Å². The number of para-hydroxylation sites is 1. The fraction of sp³-hybridized carbons (Fsp3) is 0.381. The highest BCUT2D eigenvalue weighted by molar-refractivity contribution is 5.51. The smallest absolute Gasteiger partial charge is 0.0991 e. The van der Waals surface area contributed by atoms with Crippen LogP contribution in [0.15, 0.2) is 48.5 Å². The number of benzene rings is 2. The maximum Gasteiger partial charge on any atom is 0.0991 e. The van der Waals surface area contributed by atoms with Gasteiger partial charge in [0.1, 0.15) is 0 Å². The van der Waals surface area contributed by atoms with E-state index in [1.54, 1.807) is 0 Å². The van der Waals surface area contributed by atoms with Crippen LogP contribution >= 0.6 is 0 Å². The summed E-state index contributed by atoms with van der Waals surface area (Å²) < 4.78 is 0. The second kappa shape index (κ2) is 8.66. The number of piperidine rings is 1. The van der Waals surface area contributed by atoms with Gasteiger partial charge in [0.05, 0.1) is 11.6 Å². The molecule has 0 spiro atoms. The van der Waals surface area contributed by atoms with Crippen LogP contribution in [-0.2, 0) is 13.1 Å². The Morgan fingerprint density at radius 3 is 2.68 bits per heavy atom. The number of aliphatic hydroxyl groups is 1. The average molecular weight is 335 g/mol. The number of hydrogen-bond donors (Lipinski definition) is 2. The molecule has 0 amide bonds. The Morgan fingerprint density at radius 1 is 1.12 bits per heavy atom. The number of anilines is 1. The van der Waals surface area contributed by atoms with Crippen molar-refractivity contribution in [1.29, 1.82) is 5.26 Å². The second-order valence-corrected chi connectivity index (χ2v) is 6.72. The van der Waals surface area contributed by atoms with Gasteiger partial charge in [-0.2, -0.15) is 5.26 Å². The lowest BCUT2D eigenvalue weighted by Gasteiger charge is -2.31. The van der Waals surface area contributed by atoms with Gasteiger partial charge in [-0.25, -0.2) is 0 Å². The lowest BCUT2D eigenvalue weighted by atomic mass is 9.97. The van der Waals surface area contributed by atoms with Crippen LogP contribution in [0.5, 0.6) is 0 Å². The fourth-order valence-corrected chi connectivity index (χ4v) is 3.35. The van der Waals surface area contributed by atoms with Crippen LogP contribution in [0.25, 0.3) is 0 Å². The molecule has 4 heteroatoms. The summed E-state index contributed by atoms with van der Waals surface area (Å²) in [6.45, 7) is 4.04. The van der Waals surface area contributed by atoms with Crippen LogP contribution in [0.4, 0.5) is 5.69 Å². The van der Waals surface area contributed by atoms with Gasteiger partial charge < -0.3 is 10.4 Å². The van der Waals surface area contributed by atoms with Crippen LogP contribution < -0.4 is 5.32 Å². The number of aliphatic hydroxyl groups excluding tert-OH is 1. The minimum absolute atomic E-state index is 0.313. The van der Waals surface area contributed by atoms with Gasteiger partial charge in [0.2, 0.25) is 0 Å². The highest BCUT2D eigenvalue weighted by atomic mass is 16.3. The van der Waals surface area contributed by atoms with Crippen molar-refractivity contribution in [2.45, 2.75) is 25.9 Å². The molecule has 2 aromatic carbocycles. The Morgan fingerprint density at radius 2 is 1.92 bits per heavy atom. The summed E-state index contributed by atoms with van der Waals surface area (Å²) in [6.07, 6.45) is 2.15. The molecule has 3 rings (SSSR count). The first-order valence-electron chi connectivity index (χ1n) is 8.92. The number of nitrogens with zero attached hydrogens (tertiary/aromatic N) is 2. The SMILES string of the molecule is N#Cc1cccc(CNc2ccccc2CN2CCC(CO)CC2)c1. The van der Waals surface area contributed by atoms with Crippen LogP contribution in [0, 0.1) is 17.2 Å². The van der Waals surface area contributed by atoms with Crippen molar-refractivity contribution in [2.75, 3.05) is 25.0 Å². The van der Waals surface area contributed by atoms with E-state index in [1.807, 2.05) is 24.3 Å². The predicted molar refractivity (Wildman–Crippen MR) is 100 cm³/mol. The van der Waals surface area contributed by atoms with E-state index in [-0.39, 0.29) is 0 Å². The summed E-state index contributed by atoms with van der Waals surface area (Å²) in [5, 5.41) is 21.8. The first kappa shape index (κ1) is 17.5. The van der Waals surface area contributed by atoms with Crippen molar-refractivity contribution in [3.8, 4) is 6.07 Å². The molecule has 2 aromatic rings. The lowest BCUT2D eigenvalue weighted by Crippen LogP contribution is -2.34. The summed E-state index contributed by atoms with van der Waals surface area (Å²) >= 11 is 0. The van der Waals surface area contributed by atoms with E-state index in [1.165, 1.54) is 5.56 Å². The van der Waals surface area contributed by atoms with Gasteiger partial charge in [-0.3, -0.25) is 4.90 Å². The molecule has 1 saturated heterocycles. The zero-order valence-electron chi connectivity index (χ0n) is 14.5. The summed E-state index contributed by atoms with van der Waals surface area (Å²) in [6, 6.07) is 18.3. The molecule has 1 fully saturated rings. The van der Waals surface area contributed by atoms with Crippen molar-refractivity contribution >= 4 is 5.69 Å². The molecule has 1 aliphatic heterocycles. The molecule has 2 N–H and O–H groups in total. The van der Waals surface area contributed by atoms with Crippen molar-refractivity contribution < 1.29 is 5.11 Å². The topological polar surface area (TPSA) is 59.3 Å². The van der Waals surface area contributed by atoms with Crippen LogP contribution in [0.1, 0.15) is 29.5 Å². The molecule has 0 aliphatic carbocycles. The molecule has 0 saturated carbocycles. The molecule has 1 heterocycles. The normalized spacial score (nSPS) is 15.7. The van der Waals surface area contributed by atoms with Crippen LogP contribution in [0.2, 0.25) is 0 Å². The third kappa shape index (κ3) is 4.82. The summed E-state index contributed by atoms with van der Waals surface area (Å²) in [5.41, 5.74) is 4.24. The maximum atomic E-state index is 9.28. The zero-order chi connectivity index (χ0) is 17.5. The predicted octanol–water partition coefficient (Wildman–Crippen LogP) is 3.37. The van der Waals surface area contributed by atoms with Gasteiger partial charge in [-0.1, -0.05) is 30.3 Å². The molecule has 1 aliphatic rings. The third-order valence-corrected chi connectivity index (χ3v) is 4.92. The Kier molecular flexibility index (Phi) is 6.05. The Hall–Kier alpha value is -2.35. The van der Waals surface area contributed by atoms with Gasteiger partial charge >= 0.3 is 0 Å². The van der Waals surface area contributed by atoms with Crippen molar-refractivity contribution in [2.24, 2.45) is 5.92 Å². The molecular formula is C21H25N3O. The Balaban J connectivity index is 1.62. The number of nitrogens with one attached hydrogen (secondary N) is 1. The molecule has 0 aromatic heterocycles. The zero-order valence-corrected chi connectivity index (χ0v) is 14.5. The van der Waals surface area contributed by atoms with E-state index >= 15 is 0 Å². The molecule has 0 bridgehead atoms. The van der Waals surface area contributed by atoms with E-state index < -0.39 is 0 Å². The quantitative estimate of drug-likeness (QED) is 0.850. The first-order chi connectivity index (χ1) is 12.3. The van der Waals surface area contributed by atoms with Gasteiger partial charge in [0.25, 0.3) is 0 Å². The summed E-state index contributed by atoms with van der Waals surface area (Å²) in [5.74, 6) is 0.469. The minimum Gasteiger partial charge on any atom is -0.396 e. The molecule has 0 unspecified atom stereocenters. The first-order valence-corrected chi connectivity index (χ1v) is 8.92. The Labute approximate surface area is 149 Å². The molecule has 25 heavy (non-hydrogen) atoms. The van der Waals surface area contributed by atoms with Gasteiger partial charge in [-0.15, -0.1) is 0 Å². The number of likely N-dealkylation sites (tertiary alicyclic amines) is 1. The number of nitriles is 1. The second-order valence-electron chi connectivity index (χ2n) is 6.72.